The van der Waals surface area contributed by atoms with Crippen molar-refractivity contribution in [2.24, 2.45) is 5.73 Å². The minimum absolute atomic E-state index is 0.210. The Balaban J connectivity index is 2.49. The molecule has 0 bridgehead atoms. The van der Waals surface area contributed by atoms with E-state index in [1.54, 1.807) is 4.57 Å². The second-order valence-corrected chi connectivity index (χ2v) is 4.77. The maximum Gasteiger partial charge on any atom is 0.343 e. The third kappa shape index (κ3) is 3.88. The van der Waals surface area contributed by atoms with Crippen LogP contribution in [0.3, 0.4) is 0 Å². The number of hydrogen-bond donors (Lipinski definition) is 3. The smallest absolute Gasteiger partial charge is 0.343 e. The van der Waals surface area contributed by atoms with Crippen LogP contribution in [0.1, 0.15) is 20.3 Å². The second-order valence-electron chi connectivity index (χ2n) is 3.71. The van der Waals surface area contributed by atoms with Crippen LogP contribution >= 0.6 is 11.8 Å². The number of carbonyl (C=O) groups is 1. The van der Waals surface area contributed by atoms with Crippen molar-refractivity contribution in [2.45, 2.75) is 38.0 Å². The van der Waals surface area contributed by atoms with Gasteiger partial charge in [-0.15, -0.1) is 5.10 Å². The number of rotatable bonds is 8. The van der Waals surface area contributed by atoms with Gasteiger partial charge in [-0.2, -0.15) is 0 Å². The van der Waals surface area contributed by atoms with Crippen molar-refractivity contribution in [1.29, 1.82) is 0 Å². The Morgan fingerprint density at radius 1 is 1.61 bits per heavy atom. The van der Waals surface area contributed by atoms with Crippen LogP contribution in [0.5, 0.6) is 0 Å². The predicted octanol–water partition coefficient (Wildman–Crippen LogP) is -0.463. The summed E-state index contributed by atoms with van der Waals surface area (Å²) in [5, 5.41) is 9.99. The van der Waals surface area contributed by atoms with Crippen molar-refractivity contribution in [3.63, 3.8) is 0 Å². The number of likely N-dealkylation sites (N-methyl/N-ethyl adjacent to an activating group) is 1. The van der Waals surface area contributed by atoms with Crippen LogP contribution in [0.4, 0.5) is 0 Å². The summed E-state index contributed by atoms with van der Waals surface area (Å²) in [6.07, 6.45) is 0.610. The fourth-order valence-corrected chi connectivity index (χ4v) is 2.57. The molecule has 0 saturated heterocycles. The fourth-order valence-electron chi connectivity index (χ4n) is 1.55. The number of aromatic nitrogens is 3. The van der Waals surface area contributed by atoms with Crippen LogP contribution in [0.25, 0.3) is 0 Å². The largest absolute Gasteiger partial charge is 0.368 e. The highest BCUT2D eigenvalue weighted by Crippen LogP contribution is 2.14. The molecule has 1 amide bonds. The molecule has 102 valence electrons. The van der Waals surface area contributed by atoms with Crippen LogP contribution in [-0.4, -0.2) is 39.0 Å². The summed E-state index contributed by atoms with van der Waals surface area (Å²) in [5.74, 6) is 0.317. The minimum Gasteiger partial charge on any atom is -0.368 e. The molecule has 0 aliphatic heterocycles. The lowest BCUT2D eigenvalue weighted by Crippen LogP contribution is -2.41. The predicted molar refractivity (Wildman–Crippen MR) is 70.5 cm³/mol. The second kappa shape index (κ2) is 7.22. The molecule has 1 rings (SSSR count). The van der Waals surface area contributed by atoms with Crippen molar-refractivity contribution in [1.82, 2.24) is 20.1 Å². The fraction of sp³-hybridized carbons (Fsp3) is 0.700. The average molecular weight is 273 g/mol. The van der Waals surface area contributed by atoms with E-state index in [1.165, 1.54) is 11.8 Å². The van der Waals surface area contributed by atoms with E-state index in [4.69, 9.17) is 5.73 Å². The zero-order valence-corrected chi connectivity index (χ0v) is 11.4. The topological polar surface area (TPSA) is 106 Å². The van der Waals surface area contributed by atoms with E-state index in [2.05, 4.69) is 15.5 Å². The highest BCUT2D eigenvalue weighted by atomic mass is 32.2. The molecule has 8 heteroatoms. The third-order valence-corrected chi connectivity index (χ3v) is 3.48. The third-order valence-electron chi connectivity index (χ3n) is 2.47. The normalized spacial score (nSPS) is 12.6. The summed E-state index contributed by atoms with van der Waals surface area (Å²) in [7, 11) is 0. The number of nitrogens with zero attached hydrogens (tertiary/aromatic N) is 2. The Kier molecular flexibility index (Phi) is 5.93. The van der Waals surface area contributed by atoms with Crippen LogP contribution < -0.4 is 16.7 Å². The molecule has 0 fully saturated rings. The molecule has 1 heterocycles. The first-order valence-electron chi connectivity index (χ1n) is 5.90. The number of thioether (sulfide) groups is 1. The van der Waals surface area contributed by atoms with Crippen molar-refractivity contribution in [3.8, 4) is 0 Å². The number of hydrogen-bond acceptors (Lipinski definition) is 5. The molecule has 0 aliphatic rings. The maximum absolute atomic E-state index is 11.3. The molecule has 1 atom stereocenters. The highest BCUT2D eigenvalue weighted by Gasteiger charge is 2.14. The van der Waals surface area contributed by atoms with Gasteiger partial charge in [-0.05, 0) is 19.9 Å². The van der Waals surface area contributed by atoms with Gasteiger partial charge in [0, 0.05) is 12.3 Å². The van der Waals surface area contributed by atoms with Gasteiger partial charge in [0.05, 0.1) is 6.04 Å². The highest BCUT2D eigenvalue weighted by molar-refractivity contribution is 7.99. The maximum atomic E-state index is 11.3. The number of primary amides is 1. The summed E-state index contributed by atoms with van der Waals surface area (Å²) in [4.78, 5) is 22.5. The lowest BCUT2D eigenvalue weighted by atomic mass is 10.2. The Morgan fingerprint density at radius 3 is 2.89 bits per heavy atom. The standard InChI is InChI=1S/C10H19N5O2S/c1-3-12-7(8(11)16)5-6-18-10-14-13-9(17)15(10)4-2/h7,12H,3-6H2,1-2H3,(H2,11,16)(H,13,17). The van der Waals surface area contributed by atoms with Gasteiger partial charge in [0.15, 0.2) is 5.16 Å². The van der Waals surface area contributed by atoms with E-state index >= 15 is 0 Å². The number of nitrogens with one attached hydrogen (secondary N) is 2. The van der Waals surface area contributed by atoms with Crippen LogP contribution in [-0.2, 0) is 11.3 Å². The van der Waals surface area contributed by atoms with Crippen LogP contribution in [0, 0.1) is 0 Å². The Morgan fingerprint density at radius 2 is 2.33 bits per heavy atom. The van der Waals surface area contributed by atoms with E-state index in [1.807, 2.05) is 13.8 Å². The number of H-pyrrole nitrogens is 1. The molecule has 0 aliphatic carbocycles. The van der Waals surface area contributed by atoms with Gasteiger partial charge < -0.3 is 11.1 Å². The number of amides is 1. The first-order chi connectivity index (χ1) is 8.60. The molecule has 0 radical (unpaired) electrons. The van der Waals surface area contributed by atoms with E-state index in [9.17, 15) is 9.59 Å². The molecule has 1 aromatic rings. The Bertz CT molecular complexity index is 442. The summed E-state index contributed by atoms with van der Waals surface area (Å²) < 4.78 is 1.55. The molecule has 1 unspecified atom stereocenters. The molecule has 0 aromatic carbocycles. The molecular formula is C10H19N5O2S. The lowest BCUT2D eigenvalue weighted by molar-refractivity contribution is -0.120. The molecule has 7 nitrogen and oxygen atoms in total. The Hall–Kier alpha value is -1.28. The SMILES string of the molecule is CCNC(CCSc1n[nH]c(=O)n1CC)C(N)=O. The molecule has 0 saturated carbocycles. The monoisotopic (exact) mass is 273 g/mol. The van der Waals surface area contributed by atoms with E-state index in [0.717, 1.165) is 0 Å². The number of aromatic amines is 1. The van der Waals surface area contributed by atoms with Gasteiger partial charge in [0.1, 0.15) is 0 Å². The average Bonchev–Trinajstić information content (AvgIpc) is 2.68. The molecular weight excluding hydrogens is 254 g/mol. The quantitative estimate of drug-likeness (QED) is 0.556. The first kappa shape index (κ1) is 14.8. The zero-order chi connectivity index (χ0) is 13.5. The van der Waals surface area contributed by atoms with Crippen molar-refractivity contribution >= 4 is 17.7 Å². The summed E-state index contributed by atoms with van der Waals surface area (Å²) in [6.45, 7) is 5.07. The van der Waals surface area contributed by atoms with Crippen molar-refractivity contribution in [2.75, 3.05) is 12.3 Å². The number of nitrogens with two attached hydrogens (primary N) is 1. The molecule has 18 heavy (non-hydrogen) atoms. The van der Waals surface area contributed by atoms with E-state index in [0.29, 0.717) is 30.4 Å². The minimum atomic E-state index is -0.354. The van der Waals surface area contributed by atoms with Gasteiger partial charge in [0.2, 0.25) is 5.91 Å². The van der Waals surface area contributed by atoms with Gasteiger partial charge in [0.25, 0.3) is 0 Å². The van der Waals surface area contributed by atoms with Crippen LogP contribution in [0.2, 0.25) is 0 Å². The van der Waals surface area contributed by atoms with Crippen molar-refractivity contribution in [3.05, 3.63) is 10.5 Å². The molecule has 0 spiro atoms. The van der Waals surface area contributed by atoms with Gasteiger partial charge >= 0.3 is 5.69 Å². The Labute approximate surface area is 110 Å². The molecule has 4 N–H and O–H groups in total. The van der Waals surface area contributed by atoms with Gasteiger partial charge in [-0.1, -0.05) is 18.7 Å². The summed E-state index contributed by atoms with van der Waals surface area (Å²) in [6, 6.07) is -0.330. The number of carbonyl (C=O) groups excluding carboxylic acids is 1. The molecule has 1 aromatic heterocycles. The van der Waals surface area contributed by atoms with Gasteiger partial charge in [-0.25, -0.2) is 9.89 Å². The van der Waals surface area contributed by atoms with Gasteiger partial charge in [-0.3, -0.25) is 9.36 Å². The van der Waals surface area contributed by atoms with E-state index < -0.39 is 0 Å². The first-order valence-corrected chi connectivity index (χ1v) is 6.89. The van der Waals surface area contributed by atoms with Crippen molar-refractivity contribution < 1.29 is 4.79 Å². The zero-order valence-electron chi connectivity index (χ0n) is 10.6. The summed E-state index contributed by atoms with van der Waals surface area (Å²) >= 11 is 1.44. The lowest BCUT2D eigenvalue weighted by Gasteiger charge is -2.13. The van der Waals surface area contributed by atoms with E-state index in [-0.39, 0.29) is 17.6 Å². The van der Waals surface area contributed by atoms with Crippen LogP contribution in [0.15, 0.2) is 9.95 Å². The summed E-state index contributed by atoms with van der Waals surface area (Å²) in [5.41, 5.74) is 5.06.